The summed E-state index contributed by atoms with van der Waals surface area (Å²) in [5.74, 6) is 1.00. The lowest BCUT2D eigenvalue weighted by Gasteiger charge is -2.32. The summed E-state index contributed by atoms with van der Waals surface area (Å²) >= 11 is 1.25. The van der Waals surface area contributed by atoms with Crippen molar-refractivity contribution in [3.8, 4) is 11.5 Å². The topological polar surface area (TPSA) is 113 Å². The molecule has 2 atom stereocenters. The van der Waals surface area contributed by atoms with Gasteiger partial charge in [-0.3, -0.25) is 14.5 Å². The molecule has 0 unspecified atom stereocenters. The zero-order valence-corrected chi connectivity index (χ0v) is 23.0. The van der Waals surface area contributed by atoms with Crippen molar-refractivity contribution in [2.75, 3.05) is 10.2 Å². The van der Waals surface area contributed by atoms with Crippen molar-refractivity contribution in [3.05, 3.63) is 71.2 Å². The number of anilines is 3. The van der Waals surface area contributed by atoms with E-state index < -0.39 is 0 Å². The molecule has 0 bridgehead atoms. The number of amides is 4. The van der Waals surface area contributed by atoms with Gasteiger partial charge in [0.05, 0.1) is 22.4 Å². The summed E-state index contributed by atoms with van der Waals surface area (Å²) in [7, 11) is 0. The van der Waals surface area contributed by atoms with Crippen LogP contribution in [0.2, 0.25) is 0 Å². The Morgan fingerprint density at radius 1 is 1.00 bits per heavy atom. The molecule has 10 heteroatoms. The van der Waals surface area contributed by atoms with E-state index in [4.69, 9.17) is 4.74 Å². The summed E-state index contributed by atoms with van der Waals surface area (Å²) in [5.41, 5.74) is 2.68. The number of carbonyl (C=O) groups excluding carboxylic acids is 3. The molecule has 40 heavy (non-hydrogen) atoms. The molecule has 6 rings (SSSR count). The van der Waals surface area contributed by atoms with Crippen LogP contribution < -0.4 is 25.6 Å². The van der Waals surface area contributed by atoms with Crippen LogP contribution in [0.25, 0.3) is 10.2 Å². The molecule has 0 spiro atoms. The van der Waals surface area contributed by atoms with Gasteiger partial charge in [-0.25, -0.2) is 9.78 Å². The molecule has 2 aromatic carbocycles. The van der Waals surface area contributed by atoms with E-state index in [0.717, 1.165) is 42.4 Å². The molecule has 4 aromatic rings. The van der Waals surface area contributed by atoms with Crippen molar-refractivity contribution >= 4 is 56.5 Å². The Labute approximate surface area is 235 Å². The fraction of sp³-hybridized carbons (Fsp3) is 0.267. The monoisotopic (exact) mass is 555 g/mol. The number of hydrogen-bond acceptors (Lipinski definition) is 6. The molecule has 1 aliphatic heterocycles. The Hall–Kier alpha value is -4.44. The van der Waals surface area contributed by atoms with Gasteiger partial charge in [-0.05, 0) is 61.7 Å². The third kappa shape index (κ3) is 4.86. The number of aromatic nitrogens is 1. The first-order chi connectivity index (χ1) is 19.4. The van der Waals surface area contributed by atoms with Gasteiger partial charge in [0.1, 0.15) is 21.2 Å². The third-order valence-electron chi connectivity index (χ3n) is 7.31. The lowest BCUT2D eigenvalue weighted by atomic mass is 9.90. The first-order valence-electron chi connectivity index (χ1n) is 13.3. The molecule has 0 radical (unpaired) electrons. The molecule has 1 fully saturated rings. The van der Waals surface area contributed by atoms with E-state index in [0.29, 0.717) is 32.5 Å². The summed E-state index contributed by atoms with van der Waals surface area (Å²) in [6, 6.07) is 16.2. The summed E-state index contributed by atoms with van der Waals surface area (Å²) < 4.78 is 5.97. The molecule has 3 heterocycles. The van der Waals surface area contributed by atoms with E-state index in [1.165, 1.54) is 18.3 Å². The highest BCUT2D eigenvalue weighted by Crippen LogP contribution is 2.46. The predicted molar refractivity (Wildman–Crippen MR) is 156 cm³/mol. The number of carbonyl (C=O) groups is 3. The van der Waals surface area contributed by atoms with E-state index in [1.807, 2.05) is 55.5 Å². The fourth-order valence-electron chi connectivity index (χ4n) is 5.52. The molecular weight excluding hydrogens is 526 g/mol. The number of rotatable bonds is 6. The van der Waals surface area contributed by atoms with Crippen LogP contribution in [0.5, 0.6) is 11.5 Å². The number of pyridine rings is 1. The molecule has 1 saturated carbocycles. The number of urea groups is 1. The second-order valence-electron chi connectivity index (χ2n) is 10.1. The van der Waals surface area contributed by atoms with E-state index in [-0.39, 0.29) is 29.9 Å². The maximum absolute atomic E-state index is 13.6. The first-order valence-corrected chi connectivity index (χ1v) is 14.1. The quantitative estimate of drug-likeness (QED) is 0.260. The normalized spacial score (nSPS) is 18.2. The molecule has 3 N–H and O–H groups in total. The Morgan fingerprint density at radius 2 is 1.75 bits per heavy atom. The number of aryl methyl sites for hydroxylation is 1. The van der Waals surface area contributed by atoms with Crippen LogP contribution in [0.15, 0.2) is 60.8 Å². The van der Waals surface area contributed by atoms with Crippen molar-refractivity contribution in [3.63, 3.8) is 0 Å². The minimum Gasteiger partial charge on any atom is -0.457 e. The van der Waals surface area contributed by atoms with Gasteiger partial charge in [0.2, 0.25) is 5.91 Å². The molecule has 2 aromatic heterocycles. The minimum absolute atomic E-state index is 0.112. The van der Waals surface area contributed by atoms with Gasteiger partial charge in [0, 0.05) is 25.2 Å². The zero-order valence-electron chi connectivity index (χ0n) is 22.2. The molecule has 1 aliphatic carbocycles. The van der Waals surface area contributed by atoms with Crippen molar-refractivity contribution < 1.29 is 19.1 Å². The van der Waals surface area contributed by atoms with Crippen LogP contribution in [-0.2, 0) is 4.79 Å². The van der Waals surface area contributed by atoms with Gasteiger partial charge in [-0.2, -0.15) is 0 Å². The zero-order chi connectivity index (χ0) is 27.8. The van der Waals surface area contributed by atoms with Crippen LogP contribution >= 0.6 is 11.3 Å². The minimum atomic E-state index is -0.360. The van der Waals surface area contributed by atoms with E-state index >= 15 is 0 Å². The van der Waals surface area contributed by atoms with Crippen LogP contribution in [0, 0.1) is 6.92 Å². The van der Waals surface area contributed by atoms with Crippen LogP contribution in [0.4, 0.5) is 21.9 Å². The Morgan fingerprint density at radius 3 is 2.48 bits per heavy atom. The summed E-state index contributed by atoms with van der Waals surface area (Å²) in [6.45, 7) is 3.42. The van der Waals surface area contributed by atoms with Crippen LogP contribution in [0.1, 0.15) is 47.8 Å². The van der Waals surface area contributed by atoms with Crippen molar-refractivity contribution in [1.29, 1.82) is 0 Å². The number of thiophene rings is 1. The molecule has 9 nitrogen and oxygen atoms in total. The maximum Gasteiger partial charge on any atom is 0.331 e. The Kier molecular flexibility index (Phi) is 6.85. The SMILES string of the molecule is CC(=O)N[C@@H]1CCCC[C@H]1NC(=O)c1sc2nccc3c2c1NC(=O)N3c1ccc(Oc2ccccc2)cc1C. The molecular formula is C30H29N5O4S. The number of nitrogens with one attached hydrogen (secondary N) is 3. The highest BCUT2D eigenvalue weighted by atomic mass is 32.1. The van der Waals surface area contributed by atoms with Gasteiger partial charge in [-0.15, -0.1) is 11.3 Å². The standard InChI is InChI=1S/C30H29N5O4S/c1-17-16-20(39-19-8-4-3-5-9-19)12-13-23(17)35-24-14-15-31-29-25(24)26(34-30(35)38)27(40-29)28(37)33-22-11-7-6-10-21(22)32-18(2)36/h3-5,8-9,12-16,21-22H,6-7,10-11H2,1-2H3,(H,32,36)(H,33,37)(H,34,38)/t21-,22-/m1/s1. The number of para-hydroxylation sites is 1. The van der Waals surface area contributed by atoms with Gasteiger partial charge in [0.15, 0.2) is 0 Å². The third-order valence-corrected chi connectivity index (χ3v) is 8.41. The summed E-state index contributed by atoms with van der Waals surface area (Å²) in [6.07, 6.45) is 5.23. The van der Waals surface area contributed by atoms with Gasteiger partial charge < -0.3 is 20.7 Å². The number of ether oxygens (including phenoxy) is 1. The van der Waals surface area contributed by atoms with Gasteiger partial charge in [0.25, 0.3) is 5.91 Å². The molecule has 2 aliphatic rings. The second kappa shape index (κ2) is 10.6. The van der Waals surface area contributed by atoms with Crippen molar-refractivity contribution in [2.45, 2.75) is 51.6 Å². The summed E-state index contributed by atoms with van der Waals surface area (Å²) in [5, 5.41) is 9.77. The molecule has 204 valence electrons. The number of hydrogen-bond donors (Lipinski definition) is 3. The van der Waals surface area contributed by atoms with Crippen LogP contribution in [-0.4, -0.2) is 34.9 Å². The Bertz CT molecular complexity index is 1620. The second-order valence-corrected chi connectivity index (χ2v) is 11.1. The first kappa shape index (κ1) is 25.8. The average Bonchev–Trinajstić information content (AvgIpc) is 3.30. The van der Waals surface area contributed by atoms with Crippen molar-refractivity contribution in [1.82, 2.24) is 15.6 Å². The number of nitrogens with zero attached hydrogens (tertiary/aromatic N) is 2. The van der Waals surface area contributed by atoms with Crippen molar-refractivity contribution in [2.24, 2.45) is 0 Å². The lowest BCUT2D eigenvalue weighted by Crippen LogP contribution is -2.52. The van der Waals surface area contributed by atoms with Crippen LogP contribution in [0.3, 0.4) is 0 Å². The van der Waals surface area contributed by atoms with E-state index in [2.05, 4.69) is 20.9 Å². The smallest absolute Gasteiger partial charge is 0.331 e. The van der Waals surface area contributed by atoms with E-state index in [9.17, 15) is 14.4 Å². The Balaban J connectivity index is 1.31. The number of benzene rings is 2. The maximum atomic E-state index is 13.6. The largest absolute Gasteiger partial charge is 0.457 e. The molecule has 4 amide bonds. The highest BCUT2D eigenvalue weighted by molar-refractivity contribution is 7.21. The highest BCUT2D eigenvalue weighted by Gasteiger charge is 2.35. The fourth-order valence-corrected chi connectivity index (χ4v) is 6.54. The lowest BCUT2D eigenvalue weighted by molar-refractivity contribution is -0.120. The van der Waals surface area contributed by atoms with Gasteiger partial charge in [-0.1, -0.05) is 31.0 Å². The predicted octanol–water partition coefficient (Wildman–Crippen LogP) is 6.26. The average molecular weight is 556 g/mol. The molecule has 0 saturated heterocycles. The summed E-state index contributed by atoms with van der Waals surface area (Å²) in [4.78, 5) is 45.9. The van der Waals surface area contributed by atoms with Gasteiger partial charge >= 0.3 is 6.03 Å². The van der Waals surface area contributed by atoms with E-state index in [1.54, 1.807) is 17.2 Å².